The molecule has 0 bridgehead atoms. The van der Waals surface area contributed by atoms with E-state index in [9.17, 15) is 10.2 Å². The number of ether oxygens (including phenoxy) is 4. The summed E-state index contributed by atoms with van der Waals surface area (Å²) in [5, 5.41) is 20.9. The lowest BCUT2D eigenvalue weighted by molar-refractivity contribution is -0.362. The number of hydrogen-bond acceptors (Lipinski definition) is 6. The van der Waals surface area contributed by atoms with E-state index in [0.29, 0.717) is 0 Å². The normalized spacial score (nSPS) is 34.2. The smallest absolute Gasteiger partial charge is 0.187 e. The van der Waals surface area contributed by atoms with Crippen LogP contribution in [0.4, 0.5) is 0 Å². The van der Waals surface area contributed by atoms with Crippen molar-refractivity contribution in [1.29, 1.82) is 0 Å². The Labute approximate surface area is 151 Å². The van der Waals surface area contributed by atoms with Crippen molar-refractivity contribution in [2.75, 3.05) is 6.61 Å². The van der Waals surface area contributed by atoms with Gasteiger partial charge in [0.2, 0.25) is 0 Å². The van der Waals surface area contributed by atoms with Crippen LogP contribution < -0.4 is 0 Å². The van der Waals surface area contributed by atoms with Gasteiger partial charge in [0.25, 0.3) is 0 Å². The van der Waals surface area contributed by atoms with Crippen LogP contribution in [0.2, 0.25) is 0 Å². The zero-order chi connectivity index (χ0) is 17.9. The Morgan fingerprint density at radius 1 is 0.885 bits per heavy atom. The fourth-order valence-corrected chi connectivity index (χ4v) is 3.25. The highest BCUT2D eigenvalue weighted by Crippen LogP contribution is 2.34. The van der Waals surface area contributed by atoms with Gasteiger partial charge in [-0.25, -0.2) is 0 Å². The molecule has 0 aliphatic carbocycles. The number of aliphatic hydroxyl groups excluding tert-OH is 2. The molecule has 138 valence electrons. The fourth-order valence-electron chi connectivity index (χ4n) is 3.25. The van der Waals surface area contributed by atoms with Crippen LogP contribution in [-0.2, 0) is 25.6 Å². The second-order valence-electron chi connectivity index (χ2n) is 6.50. The lowest BCUT2D eigenvalue weighted by Crippen LogP contribution is -2.62. The van der Waals surface area contributed by atoms with E-state index in [1.54, 1.807) is 0 Å². The van der Waals surface area contributed by atoms with E-state index in [-0.39, 0.29) is 13.2 Å². The Morgan fingerprint density at radius 2 is 1.58 bits per heavy atom. The second-order valence-corrected chi connectivity index (χ2v) is 6.50. The van der Waals surface area contributed by atoms with Gasteiger partial charge in [0.15, 0.2) is 12.6 Å². The van der Waals surface area contributed by atoms with Gasteiger partial charge in [-0.15, -0.1) is 0 Å². The quantitative estimate of drug-likeness (QED) is 0.867. The van der Waals surface area contributed by atoms with Gasteiger partial charge < -0.3 is 29.2 Å². The monoisotopic (exact) mass is 358 g/mol. The summed E-state index contributed by atoms with van der Waals surface area (Å²) in [6, 6.07) is 19.1. The second kappa shape index (κ2) is 7.84. The molecule has 1 unspecified atom stereocenters. The van der Waals surface area contributed by atoms with Crippen molar-refractivity contribution in [1.82, 2.24) is 0 Å². The van der Waals surface area contributed by atoms with Gasteiger partial charge in [-0.2, -0.15) is 0 Å². The van der Waals surface area contributed by atoms with Crippen LogP contribution in [0.15, 0.2) is 60.7 Å². The minimum atomic E-state index is -1.20. The Hall–Kier alpha value is -1.80. The largest absolute Gasteiger partial charge is 0.387 e. The van der Waals surface area contributed by atoms with E-state index in [4.69, 9.17) is 18.9 Å². The number of hydrogen-bond donors (Lipinski definition) is 2. The third kappa shape index (κ3) is 3.66. The van der Waals surface area contributed by atoms with E-state index in [0.717, 1.165) is 11.1 Å². The molecule has 2 saturated heterocycles. The first-order valence-corrected chi connectivity index (χ1v) is 8.71. The van der Waals surface area contributed by atoms with E-state index in [2.05, 4.69) is 0 Å². The van der Waals surface area contributed by atoms with Crippen LogP contribution in [0.1, 0.15) is 17.4 Å². The first kappa shape index (κ1) is 17.6. The topological polar surface area (TPSA) is 77.4 Å². The van der Waals surface area contributed by atoms with Crippen LogP contribution in [0.25, 0.3) is 0 Å². The first-order chi connectivity index (χ1) is 12.7. The van der Waals surface area contributed by atoms with Gasteiger partial charge in [0.1, 0.15) is 24.4 Å². The molecule has 2 fully saturated rings. The lowest BCUT2D eigenvalue weighted by atomic mass is 9.98. The van der Waals surface area contributed by atoms with Crippen molar-refractivity contribution in [3.63, 3.8) is 0 Å². The van der Waals surface area contributed by atoms with Crippen molar-refractivity contribution >= 4 is 0 Å². The van der Waals surface area contributed by atoms with Gasteiger partial charge in [0, 0.05) is 5.56 Å². The maximum Gasteiger partial charge on any atom is 0.187 e. The summed E-state index contributed by atoms with van der Waals surface area (Å²) in [5.41, 5.74) is 1.82. The summed E-state index contributed by atoms with van der Waals surface area (Å²) in [4.78, 5) is 0. The summed E-state index contributed by atoms with van der Waals surface area (Å²) in [6.45, 7) is 0.528. The van der Waals surface area contributed by atoms with Gasteiger partial charge in [-0.05, 0) is 5.56 Å². The molecule has 0 amide bonds. The molecule has 0 aromatic heterocycles. The van der Waals surface area contributed by atoms with E-state index >= 15 is 0 Å². The predicted octanol–water partition coefficient (Wildman–Crippen LogP) is 1.76. The average molecular weight is 358 g/mol. The van der Waals surface area contributed by atoms with E-state index in [1.165, 1.54) is 0 Å². The Morgan fingerprint density at radius 3 is 2.31 bits per heavy atom. The van der Waals surface area contributed by atoms with Gasteiger partial charge >= 0.3 is 0 Å². The van der Waals surface area contributed by atoms with Crippen molar-refractivity contribution in [2.24, 2.45) is 0 Å². The molecular weight excluding hydrogens is 336 g/mol. The number of rotatable bonds is 4. The zero-order valence-electron chi connectivity index (χ0n) is 14.2. The summed E-state index contributed by atoms with van der Waals surface area (Å²) >= 11 is 0. The molecule has 2 aliphatic heterocycles. The lowest BCUT2D eigenvalue weighted by Gasteiger charge is -2.46. The minimum absolute atomic E-state index is 0.249. The Balaban J connectivity index is 1.40. The third-order valence-electron chi connectivity index (χ3n) is 4.66. The minimum Gasteiger partial charge on any atom is -0.387 e. The van der Waals surface area contributed by atoms with Gasteiger partial charge in [0.05, 0.1) is 13.2 Å². The molecular formula is C20H22O6. The zero-order valence-corrected chi connectivity index (χ0v) is 14.2. The Kier molecular flexibility index (Phi) is 5.31. The molecule has 2 aromatic rings. The predicted molar refractivity (Wildman–Crippen MR) is 91.9 cm³/mol. The number of aliphatic hydroxyl groups is 2. The summed E-state index contributed by atoms with van der Waals surface area (Å²) in [5.74, 6) is 0. The summed E-state index contributed by atoms with van der Waals surface area (Å²) < 4.78 is 23.1. The molecule has 2 N–H and O–H groups in total. The highest BCUT2D eigenvalue weighted by molar-refractivity contribution is 5.17. The van der Waals surface area contributed by atoms with Gasteiger partial charge in [-0.1, -0.05) is 60.7 Å². The molecule has 2 heterocycles. The number of benzene rings is 2. The fraction of sp³-hybridized carbons (Fsp3) is 0.400. The molecule has 6 atom stereocenters. The van der Waals surface area contributed by atoms with E-state index < -0.39 is 37.0 Å². The van der Waals surface area contributed by atoms with Crippen LogP contribution in [0.3, 0.4) is 0 Å². The molecule has 6 heteroatoms. The van der Waals surface area contributed by atoms with Crippen molar-refractivity contribution in [2.45, 2.75) is 43.6 Å². The van der Waals surface area contributed by atoms with Crippen molar-refractivity contribution in [3.8, 4) is 0 Å². The van der Waals surface area contributed by atoms with Crippen molar-refractivity contribution in [3.05, 3.63) is 71.8 Å². The molecule has 26 heavy (non-hydrogen) atoms. The molecule has 0 radical (unpaired) electrons. The average Bonchev–Trinajstić information content (AvgIpc) is 2.71. The molecule has 2 aliphatic rings. The van der Waals surface area contributed by atoms with E-state index in [1.807, 2.05) is 60.7 Å². The first-order valence-electron chi connectivity index (χ1n) is 8.71. The third-order valence-corrected chi connectivity index (χ3v) is 4.66. The maximum atomic E-state index is 10.5. The summed E-state index contributed by atoms with van der Waals surface area (Å²) in [6.07, 6.45) is -5.04. The number of fused-ring (bicyclic) bond motifs is 1. The molecule has 4 rings (SSSR count). The molecule has 2 aromatic carbocycles. The van der Waals surface area contributed by atoms with Crippen LogP contribution in [0.5, 0.6) is 0 Å². The van der Waals surface area contributed by atoms with Crippen LogP contribution >= 0.6 is 0 Å². The van der Waals surface area contributed by atoms with Gasteiger partial charge in [-0.3, -0.25) is 0 Å². The Bertz CT molecular complexity index is 692. The standard InChI is InChI=1S/C20H22O6/c21-16-17(22)20(23-11-13-7-3-1-4-8-13)25-15-12-24-19(26-18(15)16)14-9-5-2-6-10-14/h1-10,15-22H,11-12H2/t15-,16-,17-,18+,19?,20-/m1/s1. The molecule has 6 nitrogen and oxygen atoms in total. The van der Waals surface area contributed by atoms with Crippen LogP contribution in [-0.4, -0.2) is 47.5 Å². The molecule has 0 spiro atoms. The SMILES string of the molecule is O[C@@H]1[C@@H](O)[C@H](OCc2ccccc2)O[C@@H]2COC(c3ccccc3)O[C@H]12. The maximum absolute atomic E-state index is 10.5. The highest BCUT2D eigenvalue weighted by atomic mass is 16.8. The molecule has 0 saturated carbocycles. The highest BCUT2D eigenvalue weighted by Gasteiger charge is 2.49. The summed E-state index contributed by atoms with van der Waals surface area (Å²) in [7, 11) is 0. The van der Waals surface area contributed by atoms with Crippen molar-refractivity contribution < 1.29 is 29.2 Å². The van der Waals surface area contributed by atoms with Crippen LogP contribution in [0, 0.1) is 0 Å².